The summed E-state index contributed by atoms with van der Waals surface area (Å²) >= 11 is 0. The summed E-state index contributed by atoms with van der Waals surface area (Å²) in [6.45, 7) is 2.39. The topological polar surface area (TPSA) is 62.1 Å². The Morgan fingerprint density at radius 1 is 1.42 bits per heavy atom. The van der Waals surface area contributed by atoms with Crippen LogP contribution in [0.1, 0.15) is 24.0 Å². The molecule has 0 saturated carbocycles. The Balaban J connectivity index is 1.69. The fourth-order valence-corrected chi connectivity index (χ4v) is 2.17. The number of hydrogen-bond acceptors (Lipinski definition) is 3. The van der Waals surface area contributed by atoms with Crippen LogP contribution in [0.3, 0.4) is 0 Å². The van der Waals surface area contributed by atoms with Crippen LogP contribution in [0.25, 0.3) is 0 Å². The number of benzene rings is 1. The number of nitrogens with zero attached hydrogens (tertiary/aromatic N) is 1. The van der Waals surface area contributed by atoms with Crippen LogP contribution in [0.5, 0.6) is 0 Å². The molecule has 1 aromatic rings. The predicted molar refractivity (Wildman–Crippen MR) is 71.4 cm³/mol. The van der Waals surface area contributed by atoms with Crippen molar-refractivity contribution in [2.45, 2.75) is 19.3 Å². The number of ether oxygens (including phenoxy) is 1. The Bertz CT molecular complexity index is 456. The monoisotopic (exact) mass is 258 g/mol. The molecule has 1 aliphatic rings. The first-order valence-electron chi connectivity index (χ1n) is 6.61. The standard InChI is InChI=1S/C15H18N2O2/c16-10-13-3-1-12(2-4-13)9-15(18)17-7-5-14-6-8-19-11-14/h1-4,14H,5-9,11H2,(H,17,18). The number of nitrogens with one attached hydrogen (secondary N) is 1. The molecule has 2 rings (SSSR count). The SMILES string of the molecule is N#Cc1ccc(CC(=O)NCCC2CCOC2)cc1. The summed E-state index contributed by atoms with van der Waals surface area (Å²) in [7, 11) is 0. The molecule has 0 aliphatic carbocycles. The van der Waals surface area contributed by atoms with Crippen LogP contribution in [0, 0.1) is 17.2 Å². The minimum absolute atomic E-state index is 0.0311. The van der Waals surface area contributed by atoms with Crippen LogP contribution < -0.4 is 5.32 Å². The second-order valence-corrected chi connectivity index (χ2v) is 4.85. The molecule has 0 bridgehead atoms. The van der Waals surface area contributed by atoms with Gasteiger partial charge in [0, 0.05) is 19.8 Å². The summed E-state index contributed by atoms with van der Waals surface area (Å²) in [4.78, 5) is 11.7. The van der Waals surface area contributed by atoms with Gasteiger partial charge in [0.15, 0.2) is 0 Å². The van der Waals surface area contributed by atoms with E-state index in [9.17, 15) is 4.79 Å². The summed E-state index contributed by atoms with van der Waals surface area (Å²) in [6, 6.07) is 9.17. The molecular weight excluding hydrogens is 240 g/mol. The molecule has 0 spiro atoms. The molecule has 1 fully saturated rings. The second kappa shape index (κ2) is 6.91. The van der Waals surface area contributed by atoms with Crippen molar-refractivity contribution >= 4 is 5.91 Å². The predicted octanol–water partition coefficient (Wildman–Crippen LogP) is 1.64. The molecule has 1 atom stereocenters. The van der Waals surface area contributed by atoms with Crippen LogP contribution in [-0.4, -0.2) is 25.7 Å². The fraction of sp³-hybridized carbons (Fsp3) is 0.467. The highest BCUT2D eigenvalue weighted by Gasteiger charge is 2.15. The Hall–Kier alpha value is -1.86. The maximum absolute atomic E-state index is 11.7. The van der Waals surface area contributed by atoms with Gasteiger partial charge in [-0.1, -0.05) is 12.1 Å². The first-order chi connectivity index (χ1) is 9.28. The third-order valence-electron chi connectivity index (χ3n) is 3.35. The maximum atomic E-state index is 11.7. The smallest absolute Gasteiger partial charge is 0.224 e. The lowest BCUT2D eigenvalue weighted by molar-refractivity contribution is -0.120. The van der Waals surface area contributed by atoms with E-state index >= 15 is 0 Å². The maximum Gasteiger partial charge on any atom is 0.224 e. The molecule has 0 aromatic heterocycles. The fourth-order valence-electron chi connectivity index (χ4n) is 2.17. The van der Waals surface area contributed by atoms with Gasteiger partial charge in [-0.15, -0.1) is 0 Å². The molecule has 1 aromatic carbocycles. The lowest BCUT2D eigenvalue weighted by Gasteiger charge is -2.08. The van der Waals surface area contributed by atoms with Gasteiger partial charge in [0.05, 0.1) is 18.1 Å². The first kappa shape index (κ1) is 13.6. The number of amides is 1. The van der Waals surface area contributed by atoms with Crippen molar-refractivity contribution < 1.29 is 9.53 Å². The van der Waals surface area contributed by atoms with E-state index in [-0.39, 0.29) is 5.91 Å². The highest BCUT2D eigenvalue weighted by Crippen LogP contribution is 2.15. The van der Waals surface area contributed by atoms with Crippen LogP contribution in [0.2, 0.25) is 0 Å². The molecule has 1 amide bonds. The van der Waals surface area contributed by atoms with Crippen molar-refractivity contribution in [2.75, 3.05) is 19.8 Å². The number of rotatable bonds is 5. The van der Waals surface area contributed by atoms with E-state index in [0.29, 0.717) is 24.4 Å². The van der Waals surface area contributed by atoms with Crippen molar-refractivity contribution in [3.05, 3.63) is 35.4 Å². The number of carbonyl (C=O) groups excluding carboxylic acids is 1. The van der Waals surface area contributed by atoms with Crippen molar-refractivity contribution in [1.29, 1.82) is 5.26 Å². The van der Waals surface area contributed by atoms with Gasteiger partial charge in [-0.2, -0.15) is 5.26 Å². The minimum Gasteiger partial charge on any atom is -0.381 e. The molecule has 1 saturated heterocycles. The van der Waals surface area contributed by atoms with E-state index in [4.69, 9.17) is 10.00 Å². The largest absolute Gasteiger partial charge is 0.381 e. The molecule has 1 N–H and O–H groups in total. The number of hydrogen-bond donors (Lipinski definition) is 1. The van der Waals surface area contributed by atoms with Gasteiger partial charge in [-0.25, -0.2) is 0 Å². The number of carbonyl (C=O) groups is 1. The van der Waals surface area contributed by atoms with Gasteiger partial charge < -0.3 is 10.1 Å². The third kappa shape index (κ3) is 4.38. The highest BCUT2D eigenvalue weighted by atomic mass is 16.5. The van der Waals surface area contributed by atoms with Crippen LogP contribution in [0.4, 0.5) is 0 Å². The zero-order valence-corrected chi connectivity index (χ0v) is 10.9. The molecule has 1 unspecified atom stereocenters. The first-order valence-corrected chi connectivity index (χ1v) is 6.61. The van der Waals surface area contributed by atoms with Gasteiger partial charge in [0.2, 0.25) is 5.91 Å². The molecule has 0 radical (unpaired) electrons. The van der Waals surface area contributed by atoms with Crippen LogP contribution >= 0.6 is 0 Å². The van der Waals surface area contributed by atoms with Gasteiger partial charge in [-0.05, 0) is 36.5 Å². The third-order valence-corrected chi connectivity index (χ3v) is 3.35. The Morgan fingerprint density at radius 3 is 2.84 bits per heavy atom. The van der Waals surface area contributed by atoms with Gasteiger partial charge in [0.1, 0.15) is 0 Å². The minimum atomic E-state index is 0.0311. The van der Waals surface area contributed by atoms with E-state index in [1.165, 1.54) is 0 Å². The van der Waals surface area contributed by atoms with Crippen LogP contribution in [0.15, 0.2) is 24.3 Å². The van der Waals surface area contributed by atoms with Crippen molar-refractivity contribution in [1.82, 2.24) is 5.32 Å². The van der Waals surface area contributed by atoms with Crippen molar-refractivity contribution in [3.8, 4) is 6.07 Å². The van der Waals surface area contributed by atoms with Gasteiger partial charge in [-0.3, -0.25) is 4.79 Å². The second-order valence-electron chi connectivity index (χ2n) is 4.85. The van der Waals surface area contributed by atoms with Crippen molar-refractivity contribution in [3.63, 3.8) is 0 Å². The van der Waals surface area contributed by atoms with Gasteiger partial charge >= 0.3 is 0 Å². The molecule has 19 heavy (non-hydrogen) atoms. The lowest BCUT2D eigenvalue weighted by atomic mass is 10.1. The summed E-state index contributed by atoms with van der Waals surface area (Å²) in [6.07, 6.45) is 2.46. The Kier molecular flexibility index (Phi) is 4.93. The zero-order valence-electron chi connectivity index (χ0n) is 10.9. The molecule has 1 aliphatic heterocycles. The van der Waals surface area contributed by atoms with E-state index in [2.05, 4.69) is 11.4 Å². The van der Waals surface area contributed by atoms with E-state index in [0.717, 1.165) is 31.6 Å². The van der Waals surface area contributed by atoms with E-state index in [1.807, 2.05) is 12.1 Å². The van der Waals surface area contributed by atoms with E-state index in [1.54, 1.807) is 12.1 Å². The molecule has 4 heteroatoms. The molecule has 1 heterocycles. The molecule has 4 nitrogen and oxygen atoms in total. The lowest BCUT2D eigenvalue weighted by Crippen LogP contribution is -2.27. The molecule has 100 valence electrons. The zero-order chi connectivity index (χ0) is 13.5. The quantitative estimate of drug-likeness (QED) is 0.873. The highest BCUT2D eigenvalue weighted by molar-refractivity contribution is 5.78. The van der Waals surface area contributed by atoms with E-state index < -0.39 is 0 Å². The summed E-state index contributed by atoms with van der Waals surface area (Å²) < 4.78 is 5.29. The summed E-state index contributed by atoms with van der Waals surface area (Å²) in [5, 5.41) is 11.6. The number of nitriles is 1. The van der Waals surface area contributed by atoms with Crippen molar-refractivity contribution in [2.24, 2.45) is 5.92 Å². The normalized spacial score (nSPS) is 17.9. The average Bonchev–Trinajstić information content (AvgIpc) is 2.93. The Morgan fingerprint density at radius 2 is 2.21 bits per heavy atom. The Labute approximate surface area is 113 Å². The summed E-state index contributed by atoms with van der Waals surface area (Å²) in [5.74, 6) is 0.624. The van der Waals surface area contributed by atoms with Crippen LogP contribution in [-0.2, 0) is 16.0 Å². The average molecular weight is 258 g/mol. The molecular formula is C15H18N2O2. The van der Waals surface area contributed by atoms with Gasteiger partial charge in [0.25, 0.3) is 0 Å². The summed E-state index contributed by atoms with van der Waals surface area (Å²) in [5.41, 5.74) is 1.55.